The van der Waals surface area contributed by atoms with Gasteiger partial charge < -0.3 is 52.8 Å². The van der Waals surface area contributed by atoms with Gasteiger partial charge in [0.1, 0.15) is 47.8 Å². The molecule has 2 saturated heterocycles. The first-order valence-corrected chi connectivity index (χ1v) is 28.0. The highest BCUT2D eigenvalue weighted by Crippen LogP contribution is 2.50. The van der Waals surface area contributed by atoms with Gasteiger partial charge in [0, 0.05) is 12.2 Å². The number of hydrogen-bond donors (Lipinski definition) is 4. The second-order valence-corrected chi connectivity index (χ2v) is 21.0. The van der Waals surface area contributed by atoms with Crippen LogP contribution in [0.4, 0.5) is 26.2 Å². The molecule has 10 rings (SSSR count). The van der Waals surface area contributed by atoms with E-state index in [9.17, 15) is 19.5 Å². The van der Waals surface area contributed by atoms with Crippen LogP contribution < -0.4 is 25.7 Å². The lowest BCUT2D eigenvalue weighted by atomic mass is 9.80. The standard InChI is InChI=1S/C54H57F2N11O12P2/c1-32(2)26-58-53-64-49-44(50(68)65-53)62-31-67(49)52-46(78-80(69)70)41(55)39(76-52)28-75-81(74-25-11-24-57)79-45-40(77-51(42(45)56)66-30-61-43-47(59-29-60-48(43)66)63-36-14-9-6-10-15-36)27-73-54(33-12-7-5-8-13-33,34-16-20-37(71-3)21-17-34)35-18-22-38(72-4)23-19-35/h5-10,12-23,29-32,39-42,45-46,51-52,80H,11,25-28H2,1-4H3,(H,69,70)(H,59,60,63)(H2,58,64,65,68)/t39-,40-,41-,42+,45-,46-,51-,52-,81?/m1/s1. The third kappa shape index (κ3) is 12.3. The molecule has 0 bridgehead atoms. The van der Waals surface area contributed by atoms with Crippen molar-refractivity contribution in [2.45, 2.75) is 75.1 Å². The number of methoxy groups -OCH3 is 2. The molecule has 2 fully saturated rings. The highest BCUT2D eigenvalue weighted by Gasteiger charge is 2.52. The zero-order valence-electron chi connectivity index (χ0n) is 44.1. The number of rotatable bonds is 25. The maximum atomic E-state index is 18.0. The van der Waals surface area contributed by atoms with E-state index < -0.39 is 83.8 Å². The summed E-state index contributed by atoms with van der Waals surface area (Å²) in [4.78, 5) is 47.9. The normalized spacial score (nSPS) is 21.8. The Morgan fingerprint density at radius 1 is 0.790 bits per heavy atom. The molecule has 0 saturated carbocycles. The Morgan fingerprint density at radius 2 is 1.42 bits per heavy atom. The third-order valence-electron chi connectivity index (χ3n) is 13.4. The van der Waals surface area contributed by atoms with Crippen molar-refractivity contribution in [2.75, 3.05) is 51.2 Å². The van der Waals surface area contributed by atoms with Crippen LogP contribution in [0.3, 0.4) is 0 Å². The fraction of sp³-hybridized carbons (Fsp3) is 0.352. The third-order valence-corrected chi connectivity index (χ3v) is 15.1. The summed E-state index contributed by atoms with van der Waals surface area (Å²) < 4.78 is 105. The van der Waals surface area contributed by atoms with Gasteiger partial charge in [-0.3, -0.25) is 28.0 Å². The van der Waals surface area contributed by atoms with E-state index >= 15 is 8.78 Å². The summed E-state index contributed by atoms with van der Waals surface area (Å²) in [5, 5.41) is 15.9. The van der Waals surface area contributed by atoms with Gasteiger partial charge in [-0.25, -0.2) is 28.7 Å². The number of aromatic nitrogens is 8. The smallest absolute Gasteiger partial charge is 0.333 e. The molecule has 2 aliphatic rings. The van der Waals surface area contributed by atoms with E-state index in [0.717, 1.165) is 5.69 Å². The van der Waals surface area contributed by atoms with Gasteiger partial charge in [0.05, 0.1) is 59.2 Å². The van der Waals surface area contributed by atoms with Crippen molar-refractivity contribution < 1.29 is 60.0 Å². The van der Waals surface area contributed by atoms with E-state index in [2.05, 4.69) is 40.5 Å². The van der Waals surface area contributed by atoms with Crippen LogP contribution in [-0.4, -0.2) is 121 Å². The van der Waals surface area contributed by atoms with Crippen molar-refractivity contribution in [3.05, 3.63) is 155 Å². The number of ether oxygens (including phenoxy) is 5. The number of nitrogens with zero attached hydrogens (tertiary/aromatic N) is 8. The van der Waals surface area contributed by atoms with E-state index in [1.165, 1.54) is 28.1 Å². The fourth-order valence-electron chi connectivity index (χ4n) is 9.54. The van der Waals surface area contributed by atoms with Crippen molar-refractivity contribution in [3.8, 4) is 17.6 Å². The van der Waals surface area contributed by atoms with Crippen molar-refractivity contribution in [3.63, 3.8) is 0 Å². The first kappa shape index (κ1) is 56.9. The first-order valence-electron chi connectivity index (χ1n) is 25.7. The summed E-state index contributed by atoms with van der Waals surface area (Å²) in [5.41, 5.74) is 1.11. The maximum Gasteiger partial charge on any atom is 0.333 e. The lowest BCUT2D eigenvalue weighted by Crippen LogP contribution is -2.40. The number of nitrogens with one attached hydrogen (secondary N) is 3. The van der Waals surface area contributed by atoms with Gasteiger partial charge >= 0.3 is 16.9 Å². The Kier molecular flexibility index (Phi) is 18.0. The predicted octanol–water partition coefficient (Wildman–Crippen LogP) is 8.59. The van der Waals surface area contributed by atoms with E-state index in [1.807, 2.05) is 105 Å². The number of fused-ring (bicyclic) bond motifs is 2. The average Bonchev–Trinajstić information content (AvgIpc) is 4.35. The van der Waals surface area contributed by atoms with Crippen LogP contribution in [0.25, 0.3) is 22.3 Å². The Balaban J connectivity index is 0.993. The van der Waals surface area contributed by atoms with Crippen LogP contribution in [0, 0.1) is 17.2 Å². The van der Waals surface area contributed by atoms with Gasteiger partial charge in [0.2, 0.25) is 5.95 Å². The SMILES string of the molecule is COc1ccc(C(OC[C@H]2O[C@@H](n3cnc4c(Nc5ccccc5)ncnc43)[C@@H](F)[C@@H]2OP(OCCC#N)OC[C@H]2O[C@@H](n3cnc4c(=O)[nH]c(NCC(C)C)nc43)[C@H](O[PH](=O)O)[C@@H]2F)(c2ccccc2)c2ccc(OC)cc2)cc1. The first-order chi connectivity index (χ1) is 39.4. The Labute approximate surface area is 464 Å². The van der Waals surface area contributed by atoms with Crippen molar-refractivity contribution >= 4 is 56.6 Å². The van der Waals surface area contributed by atoms with Crippen LogP contribution in [0.1, 0.15) is 49.4 Å². The molecular formula is C54H57F2N11O12P2. The number of nitriles is 1. The molecule has 0 aliphatic carbocycles. The Hall–Kier alpha value is -7.33. The van der Waals surface area contributed by atoms with Gasteiger partial charge in [-0.2, -0.15) is 10.2 Å². The molecule has 81 heavy (non-hydrogen) atoms. The topological polar surface area (TPSA) is 275 Å². The number of H-pyrrole nitrogens is 1. The summed E-state index contributed by atoms with van der Waals surface area (Å²) in [5.74, 6) is 1.80. The lowest BCUT2D eigenvalue weighted by molar-refractivity contribution is -0.0930. The largest absolute Gasteiger partial charge is 0.497 e. The summed E-state index contributed by atoms with van der Waals surface area (Å²) in [7, 11) is -3.41. The number of benzene rings is 4. The number of aromatic amines is 1. The minimum atomic E-state index is -3.80. The summed E-state index contributed by atoms with van der Waals surface area (Å²) in [6, 6.07) is 35.4. The molecule has 4 aromatic heterocycles. The molecule has 23 nitrogen and oxygen atoms in total. The van der Waals surface area contributed by atoms with Crippen LogP contribution in [0.15, 0.2) is 133 Å². The van der Waals surface area contributed by atoms with Crippen LogP contribution in [0.2, 0.25) is 0 Å². The van der Waals surface area contributed by atoms with Gasteiger partial charge in [0.25, 0.3) is 5.56 Å². The highest BCUT2D eigenvalue weighted by atomic mass is 31.2. The van der Waals surface area contributed by atoms with Gasteiger partial charge in [0.15, 0.2) is 52.9 Å². The zero-order valence-corrected chi connectivity index (χ0v) is 46.0. The van der Waals surface area contributed by atoms with Gasteiger partial charge in [-0.1, -0.05) is 86.6 Å². The molecule has 8 aromatic rings. The molecule has 6 heterocycles. The monoisotopic (exact) mass is 1150 g/mol. The van der Waals surface area contributed by atoms with E-state index in [4.69, 9.17) is 41.8 Å². The molecule has 424 valence electrons. The van der Waals surface area contributed by atoms with Gasteiger partial charge in [-0.05, 0) is 59.0 Å². The van der Waals surface area contributed by atoms with E-state index in [-0.39, 0.29) is 48.3 Å². The Morgan fingerprint density at radius 3 is 2.06 bits per heavy atom. The number of alkyl halides is 2. The van der Waals surface area contributed by atoms with E-state index in [0.29, 0.717) is 46.1 Å². The quantitative estimate of drug-likeness (QED) is 0.0237. The highest BCUT2D eigenvalue weighted by molar-refractivity contribution is 7.41. The molecule has 0 spiro atoms. The molecule has 27 heteroatoms. The number of halogens is 2. The predicted molar refractivity (Wildman–Crippen MR) is 292 cm³/mol. The summed E-state index contributed by atoms with van der Waals surface area (Å²) in [6.07, 6.45) is -9.63. The minimum Gasteiger partial charge on any atom is -0.497 e. The number of anilines is 3. The number of para-hydroxylation sites is 1. The molecule has 0 amide bonds. The molecule has 4 N–H and O–H groups in total. The van der Waals surface area contributed by atoms with Crippen molar-refractivity contribution in [2.24, 2.45) is 5.92 Å². The van der Waals surface area contributed by atoms with Gasteiger partial charge in [-0.15, -0.1) is 0 Å². The maximum absolute atomic E-state index is 18.0. The lowest BCUT2D eigenvalue weighted by Gasteiger charge is -2.37. The summed E-state index contributed by atoms with van der Waals surface area (Å²) in [6.45, 7) is 3.08. The van der Waals surface area contributed by atoms with Crippen molar-refractivity contribution in [1.29, 1.82) is 5.26 Å². The minimum absolute atomic E-state index is 0.0328. The molecule has 2 unspecified atom stereocenters. The zero-order chi connectivity index (χ0) is 56.6. The van der Waals surface area contributed by atoms with Crippen molar-refractivity contribution in [1.82, 2.24) is 39.0 Å². The Bertz CT molecular complexity index is 3460. The molecule has 2 aliphatic heterocycles. The van der Waals surface area contributed by atoms with E-state index in [1.54, 1.807) is 38.5 Å². The average molecular weight is 1150 g/mol. The molecule has 4 aromatic carbocycles. The van der Waals surface area contributed by atoms with Crippen LogP contribution in [-0.2, 0) is 42.5 Å². The molecular weight excluding hydrogens is 1090 g/mol. The molecule has 0 radical (unpaired) electrons. The van der Waals surface area contributed by atoms with Crippen LogP contribution in [0.5, 0.6) is 11.5 Å². The number of hydrogen-bond acceptors (Lipinski definition) is 19. The fourth-order valence-corrected chi connectivity index (χ4v) is 11.2. The second kappa shape index (κ2) is 25.6. The number of imidazole rings is 2. The molecule has 10 atom stereocenters. The van der Waals surface area contributed by atoms with Crippen LogP contribution >= 0.6 is 16.9 Å². The second-order valence-electron chi connectivity index (χ2n) is 19.1. The summed E-state index contributed by atoms with van der Waals surface area (Å²) >= 11 is 0.